The number of rotatable bonds is 5. The number of aromatic nitrogens is 1. The summed E-state index contributed by atoms with van der Waals surface area (Å²) >= 11 is 4.69. The molecule has 0 bridgehead atoms. The zero-order chi connectivity index (χ0) is 19.4. The minimum Gasteiger partial charge on any atom is -0.448 e. The van der Waals surface area contributed by atoms with E-state index in [9.17, 15) is 9.59 Å². The Morgan fingerprint density at radius 3 is 2.44 bits per heavy atom. The van der Waals surface area contributed by atoms with Crippen LogP contribution in [0.25, 0.3) is 10.6 Å². The maximum absolute atomic E-state index is 12.3. The first-order valence-electron chi connectivity index (χ1n) is 8.22. The molecule has 0 spiro atoms. The molecule has 2 aromatic carbocycles. The number of carbonyl (C=O) groups excluding carboxylic acids is 2. The first kappa shape index (κ1) is 19.3. The van der Waals surface area contributed by atoms with Crippen molar-refractivity contribution in [2.45, 2.75) is 20.0 Å². The lowest BCUT2D eigenvalue weighted by molar-refractivity contribution is -0.123. The number of benzene rings is 2. The third kappa shape index (κ3) is 5.02. The van der Waals surface area contributed by atoms with Crippen LogP contribution < -0.4 is 5.32 Å². The quantitative estimate of drug-likeness (QED) is 0.558. The van der Waals surface area contributed by atoms with Crippen LogP contribution in [0.1, 0.15) is 23.0 Å². The van der Waals surface area contributed by atoms with Crippen LogP contribution in [0.5, 0.6) is 0 Å². The Morgan fingerprint density at radius 2 is 1.78 bits per heavy atom. The minimum absolute atomic E-state index is 0.193. The molecule has 0 aliphatic carbocycles. The molecule has 3 rings (SSSR count). The van der Waals surface area contributed by atoms with E-state index < -0.39 is 18.0 Å². The Balaban J connectivity index is 1.61. The molecule has 138 valence electrons. The number of halogens is 1. The number of aryl methyl sites for hydroxylation is 1. The number of amides is 1. The van der Waals surface area contributed by atoms with Crippen LogP contribution in [-0.4, -0.2) is 23.0 Å². The normalized spacial score (nSPS) is 11.7. The third-order valence-corrected chi connectivity index (χ3v) is 5.20. The molecule has 0 aliphatic heterocycles. The Hall–Kier alpha value is -2.51. The predicted molar refractivity (Wildman–Crippen MR) is 110 cm³/mol. The molecule has 0 radical (unpaired) electrons. The van der Waals surface area contributed by atoms with Gasteiger partial charge in [-0.2, -0.15) is 0 Å². The van der Waals surface area contributed by atoms with Crippen molar-refractivity contribution in [3.05, 3.63) is 69.6 Å². The van der Waals surface area contributed by atoms with E-state index in [1.54, 1.807) is 17.5 Å². The predicted octanol–water partition coefficient (Wildman–Crippen LogP) is 5.07. The molecule has 1 N–H and O–H groups in total. The van der Waals surface area contributed by atoms with E-state index in [2.05, 4.69) is 26.2 Å². The highest BCUT2D eigenvalue weighted by Crippen LogP contribution is 2.24. The highest BCUT2D eigenvalue weighted by atomic mass is 79.9. The molecular formula is C20H17BrN2O3S. The molecule has 1 atom stereocenters. The smallest absolute Gasteiger partial charge is 0.358 e. The maximum atomic E-state index is 12.3. The molecule has 0 fully saturated rings. The molecule has 0 saturated carbocycles. The molecule has 0 saturated heterocycles. The standard InChI is InChI=1S/C20H17BrN2O3S/c1-12-3-5-14(6-4-12)19-23-17(11-27-19)20(25)26-13(2)18(24)22-16-9-7-15(21)8-10-16/h3-11,13H,1-2H3,(H,22,24). The molecule has 1 aromatic heterocycles. The van der Waals surface area contributed by atoms with Crippen LogP contribution in [0.3, 0.4) is 0 Å². The van der Waals surface area contributed by atoms with Gasteiger partial charge in [0.25, 0.3) is 5.91 Å². The molecule has 5 nitrogen and oxygen atoms in total. The molecule has 1 heterocycles. The molecule has 1 amide bonds. The van der Waals surface area contributed by atoms with Crippen LogP contribution in [0, 0.1) is 6.92 Å². The number of ether oxygens (including phenoxy) is 1. The first-order valence-corrected chi connectivity index (χ1v) is 9.89. The van der Waals surface area contributed by atoms with E-state index >= 15 is 0 Å². The molecule has 0 aliphatic rings. The molecule has 7 heteroatoms. The van der Waals surface area contributed by atoms with Crippen molar-refractivity contribution in [2.75, 3.05) is 5.32 Å². The molecule has 27 heavy (non-hydrogen) atoms. The average molecular weight is 445 g/mol. The zero-order valence-corrected chi connectivity index (χ0v) is 17.1. The Morgan fingerprint density at radius 1 is 1.11 bits per heavy atom. The van der Waals surface area contributed by atoms with Gasteiger partial charge in [-0.15, -0.1) is 11.3 Å². The van der Waals surface area contributed by atoms with Crippen molar-refractivity contribution >= 4 is 44.8 Å². The van der Waals surface area contributed by atoms with E-state index in [0.29, 0.717) is 5.69 Å². The second-order valence-corrected chi connectivity index (χ2v) is 7.72. The van der Waals surface area contributed by atoms with Gasteiger partial charge in [-0.1, -0.05) is 45.8 Å². The summed E-state index contributed by atoms with van der Waals surface area (Å²) in [6.07, 6.45) is -0.939. The van der Waals surface area contributed by atoms with Crippen LogP contribution in [0.15, 0.2) is 58.4 Å². The average Bonchev–Trinajstić information content (AvgIpc) is 3.14. The number of hydrogen-bond acceptors (Lipinski definition) is 5. The Labute approximate surface area is 169 Å². The van der Waals surface area contributed by atoms with E-state index in [1.807, 2.05) is 43.3 Å². The summed E-state index contributed by atoms with van der Waals surface area (Å²) < 4.78 is 6.16. The highest BCUT2D eigenvalue weighted by molar-refractivity contribution is 9.10. The van der Waals surface area contributed by atoms with Gasteiger partial charge in [0.05, 0.1) is 0 Å². The second-order valence-electron chi connectivity index (χ2n) is 5.95. The van der Waals surface area contributed by atoms with Gasteiger partial charge in [0.2, 0.25) is 0 Å². The number of anilines is 1. The van der Waals surface area contributed by atoms with E-state index in [0.717, 1.165) is 20.6 Å². The Kier molecular flexibility index (Phi) is 6.03. The van der Waals surface area contributed by atoms with Gasteiger partial charge >= 0.3 is 5.97 Å². The second kappa shape index (κ2) is 8.45. The van der Waals surface area contributed by atoms with E-state index in [-0.39, 0.29) is 5.69 Å². The molecule has 3 aromatic rings. The van der Waals surface area contributed by atoms with Gasteiger partial charge in [-0.3, -0.25) is 4.79 Å². The Bertz CT molecular complexity index is 952. The van der Waals surface area contributed by atoms with Gasteiger partial charge in [-0.05, 0) is 38.1 Å². The van der Waals surface area contributed by atoms with Gasteiger partial charge in [-0.25, -0.2) is 9.78 Å². The summed E-state index contributed by atoms with van der Waals surface area (Å²) in [5.41, 5.74) is 2.91. The van der Waals surface area contributed by atoms with Crippen LogP contribution >= 0.6 is 27.3 Å². The fourth-order valence-electron chi connectivity index (χ4n) is 2.25. The zero-order valence-electron chi connectivity index (χ0n) is 14.7. The molecular weight excluding hydrogens is 428 g/mol. The van der Waals surface area contributed by atoms with Gasteiger partial charge in [0, 0.05) is 21.1 Å². The van der Waals surface area contributed by atoms with Gasteiger partial charge in [0.15, 0.2) is 11.8 Å². The van der Waals surface area contributed by atoms with Gasteiger partial charge in [0.1, 0.15) is 5.01 Å². The van der Waals surface area contributed by atoms with E-state index in [1.165, 1.54) is 18.3 Å². The maximum Gasteiger partial charge on any atom is 0.358 e. The lowest BCUT2D eigenvalue weighted by atomic mass is 10.2. The van der Waals surface area contributed by atoms with Crippen molar-refractivity contribution in [2.24, 2.45) is 0 Å². The number of esters is 1. The van der Waals surface area contributed by atoms with Crippen molar-refractivity contribution in [3.63, 3.8) is 0 Å². The summed E-state index contributed by atoms with van der Waals surface area (Å²) in [6, 6.07) is 15.0. The summed E-state index contributed by atoms with van der Waals surface area (Å²) in [4.78, 5) is 28.8. The fraction of sp³-hybridized carbons (Fsp3) is 0.150. The molecule has 1 unspecified atom stereocenters. The fourth-order valence-corrected chi connectivity index (χ4v) is 3.31. The van der Waals surface area contributed by atoms with Crippen molar-refractivity contribution in [1.29, 1.82) is 0 Å². The lowest BCUT2D eigenvalue weighted by Gasteiger charge is -2.12. The minimum atomic E-state index is -0.939. The highest BCUT2D eigenvalue weighted by Gasteiger charge is 2.21. The summed E-state index contributed by atoms with van der Waals surface area (Å²) in [6.45, 7) is 3.54. The van der Waals surface area contributed by atoms with Crippen molar-refractivity contribution in [3.8, 4) is 10.6 Å². The van der Waals surface area contributed by atoms with Gasteiger partial charge < -0.3 is 10.1 Å². The number of nitrogens with one attached hydrogen (secondary N) is 1. The van der Waals surface area contributed by atoms with E-state index in [4.69, 9.17) is 4.74 Å². The van der Waals surface area contributed by atoms with Crippen molar-refractivity contribution < 1.29 is 14.3 Å². The largest absolute Gasteiger partial charge is 0.448 e. The van der Waals surface area contributed by atoms with Crippen LogP contribution in [-0.2, 0) is 9.53 Å². The number of hydrogen-bond donors (Lipinski definition) is 1. The summed E-state index contributed by atoms with van der Waals surface area (Å²) in [5.74, 6) is -1.03. The van der Waals surface area contributed by atoms with Crippen LogP contribution in [0.2, 0.25) is 0 Å². The lowest BCUT2D eigenvalue weighted by Crippen LogP contribution is -2.30. The van der Waals surface area contributed by atoms with Crippen molar-refractivity contribution in [1.82, 2.24) is 4.98 Å². The topological polar surface area (TPSA) is 68.3 Å². The number of thiazole rings is 1. The SMILES string of the molecule is Cc1ccc(-c2nc(C(=O)OC(C)C(=O)Nc3ccc(Br)cc3)cs2)cc1. The summed E-state index contributed by atoms with van der Waals surface area (Å²) in [5, 5.41) is 5.07. The first-order chi connectivity index (χ1) is 12.9. The third-order valence-electron chi connectivity index (χ3n) is 3.78. The summed E-state index contributed by atoms with van der Waals surface area (Å²) in [7, 11) is 0. The number of carbonyl (C=O) groups is 2. The van der Waals surface area contributed by atoms with Crippen LogP contribution in [0.4, 0.5) is 5.69 Å². The monoisotopic (exact) mass is 444 g/mol. The number of nitrogens with zero attached hydrogens (tertiary/aromatic N) is 1.